The molecule has 0 bridgehead atoms. The normalized spacial score (nSPS) is 13.1. The van der Waals surface area contributed by atoms with Gasteiger partial charge >= 0.3 is 0 Å². The molecule has 0 radical (unpaired) electrons. The second-order valence-corrected chi connectivity index (χ2v) is 7.97. The highest BCUT2D eigenvalue weighted by atomic mass is 79.9. The van der Waals surface area contributed by atoms with Crippen LogP contribution in [0.5, 0.6) is 0 Å². The van der Waals surface area contributed by atoms with Crippen molar-refractivity contribution in [3.05, 3.63) is 41.1 Å². The smallest absolute Gasteiger partial charge is 0.0936 e. The number of hydrogen-bond acceptors (Lipinski definition) is 2. The SMILES string of the molecule is Cc1sc(C(Cl)c2csc(Br)c2)cc1Br. The average Bonchev–Trinajstić information content (AvgIpc) is 2.74. The van der Waals surface area contributed by atoms with Gasteiger partial charge < -0.3 is 0 Å². The quantitative estimate of drug-likeness (QED) is 0.558. The second-order valence-electron chi connectivity index (χ2n) is 3.10. The summed E-state index contributed by atoms with van der Waals surface area (Å²) in [4.78, 5) is 2.45. The lowest BCUT2D eigenvalue weighted by molar-refractivity contribution is 1.20. The predicted molar refractivity (Wildman–Crippen MR) is 76.5 cm³/mol. The van der Waals surface area contributed by atoms with Crippen molar-refractivity contribution in [1.29, 1.82) is 0 Å². The van der Waals surface area contributed by atoms with Gasteiger partial charge in [-0.3, -0.25) is 0 Å². The lowest BCUT2D eigenvalue weighted by atomic mass is 10.2. The van der Waals surface area contributed by atoms with Crippen molar-refractivity contribution in [3.8, 4) is 0 Å². The number of halogens is 3. The van der Waals surface area contributed by atoms with Gasteiger partial charge in [0.2, 0.25) is 0 Å². The first-order valence-corrected chi connectivity index (χ1v) is 7.93. The molecule has 1 atom stereocenters. The Balaban J connectivity index is 2.31. The number of rotatable bonds is 2. The zero-order valence-corrected chi connectivity index (χ0v) is 13.3. The summed E-state index contributed by atoms with van der Waals surface area (Å²) in [5.74, 6) is 0. The molecular formula is C10H7Br2ClS2. The third kappa shape index (κ3) is 2.67. The molecule has 0 amide bonds. The van der Waals surface area contributed by atoms with E-state index in [9.17, 15) is 0 Å². The minimum Gasteiger partial charge on any atom is -0.143 e. The minimum absolute atomic E-state index is 0.0393. The highest BCUT2D eigenvalue weighted by Gasteiger charge is 2.15. The van der Waals surface area contributed by atoms with E-state index in [2.05, 4.69) is 56.3 Å². The van der Waals surface area contributed by atoms with Crippen LogP contribution in [-0.4, -0.2) is 0 Å². The van der Waals surface area contributed by atoms with Crippen molar-refractivity contribution in [3.63, 3.8) is 0 Å². The summed E-state index contributed by atoms with van der Waals surface area (Å²) in [6, 6.07) is 4.18. The van der Waals surface area contributed by atoms with Gasteiger partial charge in [-0.05, 0) is 61.9 Å². The van der Waals surface area contributed by atoms with Crippen LogP contribution in [0, 0.1) is 6.92 Å². The van der Waals surface area contributed by atoms with Crippen LogP contribution in [0.2, 0.25) is 0 Å². The van der Waals surface area contributed by atoms with E-state index in [1.165, 1.54) is 9.75 Å². The third-order valence-corrected chi connectivity index (χ3v) is 6.35. The van der Waals surface area contributed by atoms with Crippen molar-refractivity contribution >= 4 is 66.1 Å². The summed E-state index contributed by atoms with van der Waals surface area (Å²) in [6.07, 6.45) is 0. The first-order valence-electron chi connectivity index (χ1n) is 4.21. The molecule has 1 unspecified atom stereocenters. The van der Waals surface area contributed by atoms with Crippen LogP contribution >= 0.6 is 66.1 Å². The molecule has 0 saturated carbocycles. The Morgan fingerprint density at radius 2 is 2.07 bits per heavy atom. The van der Waals surface area contributed by atoms with E-state index in [1.807, 2.05) is 0 Å². The van der Waals surface area contributed by atoms with Gasteiger partial charge in [-0.1, -0.05) is 0 Å². The fraction of sp³-hybridized carbons (Fsp3) is 0.200. The molecule has 0 aliphatic carbocycles. The lowest BCUT2D eigenvalue weighted by Gasteiger charge is -2.03. The molecule has 0 saturated heterocycles. The van der Waals surface area contributed by atoms with Gasteiger partial charge in [0.05, 0.1) is 9.16 Å². The first-order chi connectivity index (χ1) is 7.08. The molecule has 0 aromatic carbocycles. The number of thiophene rings is 2. The molecule has 15 heavy (non-hydrogen) atoms. The molecule has 2 heterocycles. The van der Waals surface area contributed by atoms with Gasteiger partial charge in [0.25, 0.3) is 0 Å². The Labute approximate surface area is 119 Å². The Kier molecular flexibility index (Phi) is 3.94. The highest BCUT2D eigenvalue weighted by Crippen LogP contribution is 2.39. The fourth-order valence-electron chi connectivity index (χ4n) is 1.23. The van der Waals surface area contributed by atoms with Gasteiger partial charge in [0.1, 0.15) is 0 Å². The monoisotopic (exact) mass is 384 g/mol. The number of hydrogen-bond donors (Lipinski definition) is 0. The van der Waals surface area contributed by atoms with Crippen LogP contribution in [0.3, 0.4) is 0 Å². The number of aryl methyl sites for hydroxylation is 1. The van der Waals surface area contributed by atoms with E-state index in [-0.39, 0.29) is 5.38 Å². The van der Waals surface area contributed by atoms with Gasteiger partial charge in [0, 0.05) is 14.2 Å². The van der Waals surface area contributed by atoms with E-state index in [0.717, 1.165) is 13.8 Å². The van der Waals surface area contributed by atoms with E-state index >= 15 is 0 Å². The Hall–Kier alpha value is 0.650. The molecule has 0 nitrogen and oxygen atoms in total. The van der Waals surface area contributed by atoms with Gasteiger partial charge in [-0.2, -0.15) is 0 Å². The zero-order chi connectivity index (χ0) is 11.0. The van der Waals surface area contributed by atoms with Crippen LogP contribution in [-0.2, 0) is 0 Å². The van der Waals surface area contributed by atoms with Crippen LogP contribution in [0.1, 0.15) is 20.7 Å². The minimum atomic E-state index is -0.0393. The molecule has 80 valence electrons. The first kappa shape index (κ1) is 12.1. The Bertz CT molecular complexity index is 456. The summed E-state index contributed by atoms with van der Waals surface area (Å²) >= 11 is 16.8. The van der Waals surface area contributed by atoms with Crippen molar-refractivity contribution in [1.82, 2.24) is 0 Å². The predicted octanol–water partition coefficient (Wildman–Crippen LogP) is 5.97. The molecule has 0 aliphatic heterocycles. The van der Waals surface area contributed by atoms with Crippen molar-refractivity contribution in [2.45, 2.75) is 12.3 Å². The maximum absolute atomic E-state index is 6.41. The number of alkyl halides is 1. The van der Waals surface area contributed by atoms with E-state index in [4.69, 9.17) is 11.6 Å². The Morgan fingerprint density at radius 1 is 1.33 bits per heavy atom. The van der Waals surface area contributed by atoms with Crippen LogP contribution in [0.15, 0.2) is 25.8 Å². The van der Waals surface area contributed by atoms with Gasteiger partial charge in [-0.25, -0.2) is 0 Å². The molecule has 0 fully saturated rings. The second kappa shape index (κ2) is 4.88. The third-order valence-electron chi connectivity index (χ3n) is 2.01. The van der Waals surface area contributed by atoms with Crippen LogP contribution in [0.4, 0.5) is 0 Å². The highest BCUT2D eigenvalue weighted by molar-refractivity contribution is 9.11. The standard InChI is InChI=1S/C10H7Br2ClS2/c1-5-7(11)3-8(15-5)10(13)6-2-9(12)14-4-6/h2-4,10H,1H3. The van der Waals surface area contributed by atoms with Gasteiger partial charge in [0.15, 0.2) is 0 Å². The fourth-order valence-corrected chi connectivity index (χ4v) is 4.39. The molecule has 0 spiro atoms. The van der Waals surface area contributed by atoms with Crippen LogP contribution < -0.4 is 0 Å². The molecule has 5 heteroatoms. The molecular weight excluding hydrogens is 380 g/mol. The summed E-state index contributed by atoms with van der Waals surface area (Å²) in [7, 11) is 0. The van der Waals surface area contributed by atoms with Crippen molar-refractivity contribution < 1.29 is 0 Å². The maximum Gasteiger partial charge on any atom is 0.0936 e. The van der Waals surface area contributed by atoms with Gasteiger partial charge in [-0.15, -0.1) is 34.3 Å². The summed E-state index contributed by atoms with van der Waals surface area (Å²) in [6.45, 7) is 2.09. The molecule has 2 rings (SSSR count). The summed E-state index contributed by atoms with van der Waals surface area (Å²) in [5.41, 5.74) is 1.15. The zero-order valence-electron chi connectivity index (χ0n) is 7.76. The topological polar surface area (TPSA) is 0 Å². The Morgan fingerprint density at radius 3 is 2.53 bits per heavy atom. The van der Waals surface area contributed by atoms with E-state index in [0.29, 0.717) is 0 Å². The molecule has 0 aliphatic rings. The molecule has 0 N–H and O–H groups in total. The maximum atomic E-state index is 6.41. The molecule has 2 aromatic heterocycles. The average molecular weight is 387 g/mol. The van der Waals surface area contributed by atoms with Crippen molar-refractivity contribution in [2.75, 3.05) is 0 Å². The van der Waals surface area contributed by atoms with Crippen LogP contribution in [0.25, 0.3) is 0 Å². The summed E-state index contributed by atoms with van der Waals surface area (Å²) < 4.78 is 2.26. The van der Waals surface area contributed by atoms with E-state index < -0.39 is 0 Å². The largest absolute Gasteiger partial charge is 0.143 e. The molecule has 2 aromatic rings. The lowest BCUT2D eigenvalue weighted by Crippen LogP contribution is -1.85. The summed E-state index contributed by atoms with van der Waals surface area (Å²) in [5, 5.41) is 2.05. The van der Waals surface area contributed by atoms with Crippen molar-refractivity contribution in [2.24, 2.45) is 0 Å². The van der Waals surface area contributed by atoms with E-state index in [1.54, 1.807) is 22.7 Å².